The molecule has 0 N–H and O–H groups in total. The summed E-state index contributed by atoms with van der Waals surface area (Å²) in [7, 11) is 0. The average Bonchev–Trinajstić information content (AvgIpc) is 2.67. The zero-order valence-corrected chi connectivity index (χ0v) is 19.5. The van der Waals surface area contributed by atoms with E-state index in [2.05, 4.69) is 60.5 Å². The van der Waals surface area contributed by atoms with Crippen molar-refractivity contribution in [3.05, 3.63) is 95.9 Å². The fourth-order valence-corrected chi connectivity index (χ4v) is 3.58. The van der Waals surface area contributed by atoms with E-state index in [1.54, 1.807) is 0 Å². The van der Waals surface area contributed by atoms with Gasteiger partial charge in [-0.15, -0.1) is 0 Å². The molecule has 134 valence electrons. The standard InChI is InChI=1S/C22H14Br2INO/c23-19-6-1-15(2-7-19)14-27-22-10-3-16(12-21(22)24)11-18(13-26)17-4-8-20(25)9-5-17/h1-12H,14H2/b18-11-. The molecule has 3 aromatic rings. The number of hydrogen-bond donors (Lipinski definition) is 0. The van der Waals surface area contributed by atoms with Crippen LogP contribution in [0.4, 0.5) is 0 Å². The first-order chi connectivity index (χ1) is 13.0. The SMILES string of the molecule is N#C/C(=C/c1ccc(OCc2ccc(Br)cc2)c(Br)c1)c1ccc(I)cc1. The Kier molecular flexibility index (Phi) is 7.11. The van der Waals surface area contributed by atoms with Gasteiger partial charge in [-0.2, -0.15) is 5.26 Å². The minimum atomic E-state index is 0.493. The molecule has 0 saturated carbocycles. The Bertz CT molecular complexity index is 1010. The topological polar surface area (TPSA) is 33.0 Å². The number of nitrogens with zero attached hydrogens (tertiary/aromatic N) is 1. The molecule has 0 aliphatic rings. The second-order valence-corrected chi connectivity index (χ2v) is 8.80. The molecule has 0 radical (unpaired) electrons. The van der Waals surface area contributed by atoms with Crippen LogP contribution in [0.1, 0.15) is 16.7 Å². The Hall–Kier alpha value is -1.62. The zero-order valence-electron chi connectivity index (χ0n) is 14.1. The van der Waals surface area contributed by atoms with E-state index in [0.29, 0.717) is 12.2 Å². The molecule has 0 atom stereocenters. The lowest BCUT2D eigenvalue weighted by molar-refractivity contribution is 0.304. The average molecular weight is 595 g/mol. The monoisotopic (exact) mass is 593 g/mol. The quantitative estimate of drug-likeness (QED) is 0.175. The molecule has 0 aliphatic heterocycles. The van der Waals surface area contributed by atoms with Crippen molar-refractivity contribution in [3.63, 3.8) is 0 Å². The summed E-state index contributed by atoms with van der Waals surface area (Å²) in [5, 5.41) is 9.50. The zero-order chi connectivity index (χ0) is 19.2. The predicted molar refractivity (Wildman–Crippen MR) is 125 cm³/mol. The van der Waals surface area contributed by atoms with E-state index in [0.717, 1.165) is 35.0 Å². The Morgan fingerprint density at radius 1 is 1.00 bits per heavy atom. The minimum absolute atomic E-state index is 0.493. The second kappa shape index (κ2) is 9.54. The largest absolute Gasteiger partial charge is 0.488 e. The molecule has 0 unspecified atom stereocenters. The van der Waals surface area contributed by atoms with E-state index in [1.807, 2.05) is 72.8 Å². The van der Waals surface area contributed by atoms with E-state index < -0.39 is 0 Å². The van der Waals surface area contributed by atoms with Crippen LogP contribution < -0.4 is 4.74 Å². The molecule has 0 amide bonds. The lowest BCUT2D eigenvalue weighted by atomic mass is 10.0. The Morgan fingerprint density at radius 2 is 1.70 bits per heavy atom. The van der Waals surface area contributed by atoms with Crippen LogP contribution in [-0.2, 0) is 6.61 Å². The van der Waals surface area contributed by atoms with E-state index in [-0.39, 0.29) is 0 Å². The van der Waals surface area contributed by atoms with Crippen molar-refractivity contribution >= 4 is 66.1 Å². The molecule has 5 heteroatoms. The molecule has 0 aromatic heterocycles. The van der Waals surface area contributed by atoms with Crippen molar-refractivity contribution in [2.45, 2.75) is 6.61 Å². The van der Waals surface area contributed by atoms with Crippen LogP contribution in [0.15, 0.2) is 75.7 Å². The van der Waals surface area contributed by atoms with Gasteiger partial charge in [0.2, 0.25) is 0 Å². The number of halogens is 3. The van der Waals surface area contributed by atoms with Crippen molar-refractivity contribution in [1.29, 1.82) is 5.26 Å². The molecule has 0 fully saturated rings. The van der Waals surface area contributed by atoms with E-state index in [1.165, 1.54) is 0 Å². The van der Waals surface area contributed by atoms with Crippen molar-refractivity contribution in [1.82, 2.24) is 0 Å². The first kappa shape index (κ1) is 20.1. The molecule has 3 aromatic carbocycles. The van der Waals surface area contributed by atoms with Gasteiger partial charge in [0.1, 0.15) is 12.4 Å². The van der Waals surface area contributed by atoms with E-state index in [4.69, 9.17) is 4.74 Å². The molecule has 0 saturated heterocycles. The predicted octanol–water partition coefficient (Wildman–Crippen LogP) is 7.46. The number of hydrogen-bond acceptors (Lipinski definition) is 2. The third-order valence-corrected chi connectivity index (χ3v) is 5.72. The van der Waals surface area contributed by atoms with Crippen molar-refractivity contribution in [2.24, 2.45) is 0 Å². The Balaban J connectivity index is 1.76. The number of nitriles is 1. The fourth-order valence-electron chi connectivity index (χ4n) is 2.44. The van der Waals surface area contributed by atoms with E-state index in [9.17, 15) is 5.26 Å². The molecule has 0 spiro atoms. The molecule has 0 aliphatic carbocycles. The maximum Gasteiger partial charge on any atom is 0.134 e. The number of benzene rings is 3. The van der Waals surface area contributed by atoms with Gasteiger partial charge in [-0.05, 0) is 97.7 Å². The van der Waals surface area contributed by atoms with E-state index >= 15 is 0 Å². The molecule has 2 nitrogen and oxygen atoms in total. The summed E-state index contributed by atoms with van der Waals surface area (Å²) >= 11 is 9.25. The van der Waals surface area contributed by atoms with Gasteiger partial charge in [0.25, 0.3) is 0 Å². The van der Waals surface area contributed by atoms with Crippen LogP contribution >= 0.6 is 54.5 Å². The summed E-state index contributed by atoms with van der Waals surface area (Å²) in [5.41, 5.74) is 3.57. The van der Waals surface area contributed by atoms with Crippen LogP contribution in [0.25, 0.3) is 11.6 Å². The van der Waals surface area contributed by atoms with Crippen LogP contribution in [0, 0.1) is 14.9 Å². The highest BCUT2D eigenvalue weighted by atomic mass is 127. The summed E-state index contributed by atoms with van der Waals surface area (Å²) in [6, 6.07) is 24.1. The first-order valence-corrected chi connectivity index (χ1v) is 10.8. The van der Waals surface area contributed by atoms with Gasteiger partial charge >= 0.3 is 0 Å². The maximum absolute atomic E-state index is 9.50. The number of ether oxygens (including phenoxy) is 1. The smallest absolute Gasteiger partial charge is 0.134 e. The number of rotatable bonds is 5. The highest BCUT2D eigenvalue weighted by molar-refractivity contribution is 14.1. The van der Waals surface area contributed by atoms with Gasteiger partial charge in [0.05, 0.1) is 16.1 Å². The Labute approximate surface area is 189 Å². The normalized spacial score (nSPS) is 11.1. The van der Waals surface area contributed by atoms with Gasteiger partial charge < -0.3 is 4.74 Å². The summed E-state index contributed by atoms with van der Waals surface area (Å²) in [6.45, 7) is 0.493. The third-order valence-electron chi connectivity index (χ3n) is 3.85. The van der Waals surface area contributed by atoms with Gasteiger partial charge in [-0.3, -0.25) is 0 Å². The minimum Gasteiger partial charge on any atom is -0.488 e. The fraction of sp³-hybridized carbons (Fsp3) is 0.0455. The van der Waals surface area contributed by atoms with Crippen molar-refractivity contribution in [2.75, 3.05) is 0 Å². The summed E-state index contributed by atoms with van der Waals surface area (Å²) in [5.74, 6) is 0.767. The lowest BCUT2D eigenvalue weighted by Gasteiger charge is -2.09. The summed E-state index contributed by atoms with van der Waals surface area (Å²) in [4.78, 5) is 0. The van der Waals surface area contributed by atoms with Crippen LogP contribution in [-0.4, -0.2) is 0 Å². The molecule has 3 rings (SSSR count). The molecular weight excluding hydrogens is 581 g/mol. The van der Waals surface area contributed by atoms with Crippen LogP contribution in [0.2, 0.25) is 0 Å². The molecular formula is C22H14Br2INO. The number of allylic oxidation sites excluding steroid dienone is 1. The molecule has 27 heavy (non-hydrogen) atoms. The molecule has 0 heterocycles. The highest BCUT2D eigenvalue weighted by Gasteiger charge is 2.05. The van der Waals surface area contributed by atoms with Crippen LogP contribution in [0.5, 0.6) is 5.75 Å². The van der Waals surface area contributed by atoms with Crippen molar-refractivity contribution < 1.29 is 4.74 Å². The summed E-state index contributed by atoms with van der Waals surface area (Å²) in [6.07, 6.45) is 1.88. The van der Waals surface area contributed by atoms with Gasteiger partial charge in [-0.25, -0.2) is 0 Å². The van der Waals surface area contributed by atoms with Crippen molar-refractivity contribution in [3.8, 4) is 11.8 Å². The highest BCUT2D eigenvalue weighted by Crippen LogP contribution is 2.29. The van der Waals surface area contributed by atoms with Crippen LogP contribution in [0.3, 0.4) is 0 Å². The first-order valence-electron chi connectivity index (χ1n) is 8.10. The lowest BCUT2D eigenvalue weighted by Crippen LogP contribution is -1.96. The Morgan fingerprint density at radius 3 is 2.33 bits per heavy atom. The molecule has 0 bridgehead atoms. The third kappa shape index (κ3) is 5.68. The van der Waals surface area contributed by atoms with Gasteiger partial charge in [0.15, 0.2) is 0 Å². The second-order valence-electron chi connectivity index (χ2n) is 5.78. The summed E-state index contributed by atoms with van der Waals surface area (Å²) < 4.78 is 8.94. The van der Waals surface area contributed by atoms with Gasteiger partial charge in [-0.1, -0.05) is 46.3 Å². The van der Waals surface area contributed by atoms with Gasteiger partial charge in [0, 0.05) is 8.04 Å². The maximum atomic E-state index is 9.50.